The minimum atomic E-state index is -0.556. The van der Waals surface area contributed by atoms with Gasteiger partial charge in [0.1, 0.15) is 11.6 Å². The summed E-state index contributed by atoms with van der Waals surface area (Å²) in [5.74, 6) is 0.176. The number of hydrogen-bond donors (Lipinski definition) is 4. The Labute approximate surface area is 153 Å². The summed E-state index contributed by atoms with van der Waals surface area (Å²) >= 11 is 0. The fraction of sp³-hybridized carbons (Fsp3) is 0.0476. The van der Waals surface area contributed by atoms with Crippen LogP contribution in [0.3, 0.4) is 0 Å². The minimum Gasteiger partial charge on any atom is -0.508 e. The maximum atomic E-state index is 12.6. The third-order valence-corrected chi connectivity index (χ3v) is 5.02. The summed E-state index contributed by atoms with van der Waals surface area (Å²) in [5, 5.41) is 15.0. The summed E-state index contributed by atoms with van der Waals surface area (Å²) < 4.78 is 0. The number of aromatic hydroxyl groups is 1. The Hall–Kier alpha value is -3.80. The van der Waals surface area contributed by atoms with Gasteiger partial charge >= 0.3 is 5.69 Å². The van der Waals surface area contributed by atoms with Crippen LogP contribution in [0.5, 0.6) is 5.75 Å². The van der Waals surface area contributed by atoms with Gasteiger partial charge < -0.3 is 10.4 Å². The molecule has 4 N–H and O–H groups in total. The van der Waals surface area contributed by atoms with Gasteiger partial charge in [-0.2, -0.15) is 0 Å². The zero-order valence-corrected chi connectivity index (χ0v) is 14.1. The molecule has 0 radical (unpaired) electrons. The quantitative estimate of drug-likeness (QED) is 0.370. The predicted octanol–water partition coefficient (Wildman–Crippen LogP) is 3.16. The number of aromatic nitrogens is 2. The number of phenolic OH excluding ortho intramolecular Hbond substituents is 1. The molecule has 6 nitrogen and oxygen atoms in total. The van der Waals surface area contributed by atoms with E-state index in [1.165, 1.54) is 0 Å². The van der Waals surface area contributed by atoms with Crippen molar-refractivity contribution >= 4 is 22.3 Å². The van der Waals surface area contributed by atoms with Crippen LogP contribution in [0.2, 0.25) is 0 Å². The molecule has 0 fully saturated rings. The third-order valence-electron chi connectivity index (χ3n) is 5.02. The molecule has 3 aromatic carbocycles. The maximum Gasteiger partial charge on any atom is 0.327 e. The predicted molar refractivity (Wildman–Crippen MR) is 104 cm³/mol. The van der Waals surface area contributed by atoms with Crippen LogP contribution >= 0.6 is 0 Å². The fourth-order valence-corrected chi connectivity index (χ4v) is 3.83. The van der Waals surface area contributed by atoms with E-state index in [1.807, 2.05) is 36.4 Å². The van der Waals surface area contributed by atoms with Crippen molar-refractivity contribution < 1.29 is 5.11 Å². The molecule has 1 aliphatic rings. The zero-order chi connectivity index (χ0) is 18.5. The molecule has 6 heteroatoms. The van der Waals surface area contributed by atoms with Gasteiger partial charge in [0.2, 0.25) is 0 Å². The lowest BCUT2D eigenvalue weighted by atomic mass is 9.81. The van der Waals surface area contributed by atoms with Crippen molar-refractivity contribution in [2.45, 2.75) is 5.92 Å². The number of rotatable bonds is 1. The van der Waals surface area contributed by atoms with Gasteiger partial charge in [0, 0.05) is 11.3 Å². The Balaban J connectivity index is 1.87. The van der Waals surface area contributed by atoms with Crippen LogP contribution in [0.15, 0.2) is 70.3 Å². The van der Waals surface area contributed by atoms with E-state index in [1.54, 1.807) is 24.3 Å². The number of nitrogens with one attached hydrogen (secondary N) is 3. The van der Waals surface area contributed by atoms with Crippen molar-refractivity contribution in [1.29, 1.82) is 0 Å². The molecule has 0 amide bonds. The first-order chi connectivity index (χ1) is 13.1. The molecule has 1 unspecified atom stereocenters. The van der Waals surface area contributed by atoms with Crippen LogP contribution in [-0.4, -0.2) is 15.1 Å². The Bertz CT molecular complexity index is 1300. The standard InChI is InChI=1S/C21H15N3O3/c25-13-8-5-12(6-9-13)16-15-10-7-11-3-1-2-4-14(11)18(15)22-19-17(16)20(26)24-21(27)23-19/h1-10,16,25H,(H3,22,23,24,26,27). The molecular weight excluding hydrogens is 342 g/mol. The van der Waals surface area contributed by atoms with Gasteiger partial charge in [-0.3, -0.25) is 14.8 Å². The average Bonchev–Trinajstić information content (AvgIpc) is 2.67. The van der Waals surface area contributed by atoms with E-state index in [-0.39, 0.29) is 11.7 Å². The smallest absolute Gasteiger partial charge is 0.327 e. The van der Waals surface area contributed by atoms with E-state index in [0.29, 0.717) is 11.4 Å². The molecule has 4 aromatic rings. The van der Waals surface area contributed by atoms with Gasteiger partial charge in [0.15, 0.2) is 0 Å². The molecule has 1 aliphatic heterocycles. The van der Waals surface area contributed by atoms with Crippen molar-refractivity contribution in [2.75, 3.05) is 5.32 Å². The van der Waals surface area contributed by atoms with Crippen LogP contribution in [-0.2, 0) is 0 Å². The first-order valence-corrected chi connectivity index (χ1v) is 8.56. The average molecular weight is 357 g/mol. The van der Waals surface area contributed by atoms with Crippen LogP contribution < -0.4 is 16.6 Å². The van der Waals surface area contributed by atoms with Crippen molar-refractivity contribution in [2.24, 2.45) is 0 Å². The number of anilines is 2. The summed E-state index contributed by atoms with van der Waals surface area (Å²) in [6.07, 6.45) is 0. The van der Waals surface area contributed by atoms with Crippen LogP contribution in [0.4, 0.5) is 11.5 Å². The van der Waals surface area contributed by atoms with Crippen molar-refractivity contribution in [3.8, 4) is 5.75 Å². The highest BCUT2D eigenvalue weighted by atomic mass is 16.3. The summed E-state index contributed by atoms with van der Waals surface area (Å²) in [6, 6.07) is 18.7. The number of fused-ring (bicyclic) bond motifs is 4. The van der Waals surface area contributed by atoms with E-state index >= 15 is 0 Å². The van der Waals surface area contributed by atoms with Crippen LogP contribution in [0, 0.1) is 0 Å². The first kappa shape index (κ1) is 15.5. The van der Waals surface area contributed by atoms with E-state index in [4.69, 9.17) is 0 Å². The molecule has 0 bridgehead atoms. The summed E-state index contributed by atoms with van der Waals surface area (Å²) in [7, 11) is 0. The lowest BCUT2D eigenvalue weighted by Crippen LogP contribution is -2.31. The molecule has 1 aromatic heterocycles. The molecule has 2 heterocycles. The summed E-state index contributed by atoms with van der Waals surface area (Å²) in [6.45, 7) is 0. The number of phenols is 1. The molecule has 1 atom stereocenters. The summed E-state index contributed by atoms with van der Waals surface area (Å²) in [4.78, 5) is 29.5. The van der Waals surface area contributed by atoms with Gasteiger partial charge in [-0.1, -0.05) is 48.5 Å². The topological polar surface area (TPSA) is 98.0 Å². The van der Waals surface area contributed by atoms with Gasteiger partial charge in [-0.05, 0) is 28.6 Å². The number of benzene rings is 3. The lowest BCUT2D eigenvalue weighted by molar-refractivity contribution is 0.475. The number of hydrogen-bond acceptors (Lipinski definition) is 4. The molecule has 0 saturated carbocycles. The Morgan fingerprint density at radius 3 is 2.44 bits per heavy atom. The largest absolute Gasteiger partial charge is 0.508 e. The number of aromatic amines is 2. The maximum absolute atomic E-state index is 12.6. The van der Waals surface area contributed by atoms with E-state index < -0.39 is 11.2 Å². The second-order valence-corrected chi connectivity index (χ2v) is 6.60. The third kappa shape index (κ3) is 2.34. The van der Waals surface area contributed by atoms with Gasteiger partial charge in [0.25, 0.3) is 5.56 Å². The van der Waals surface area contributed by atoms with E-state index in [2.05, 4.69) is 15.3 Å². The zero-order valence-electron chi connectivity index (χ0n) is 14.1. The summed E-state index contributed by atoms with van der Waals surface area (Å²) in [5.41, 5.74) is 2.11. The van der Waals surface area contributed by atoms with Crippen molar-refractivity contribution in [3.63, 3.8) is 0 Å². The molecule has 27 heavy (non-hydrogen) atoms. The highest BCUT2D eigenvalue weighted by Crippen LogP contribution is 2.45. The fourth-order valence-electron chi connectivity index (χ4n) is 3.83. The minimum absolute atomic E-state index is 0.155. The van der Waals surface area contributed by atoms with Gasteiger partial charge in [0.05, 0.1) is 11.3 Å². The SMILES string of the molecule is O=c1[nH]c2c(c(=O)[nH]1)C(c1ccc(O)cc1)c1ccc3ccccc3c1N2. The molecular formula is C21H15N3O3. The van der Waals surface area contributed by atoms with Crippen molar-refractivity contribution in [3.05, 3.63) is 98.2 Å². The Morgan fingerprint density at radius 2 is 1.63 bits per heavy atom. The number of H-pyrrole nitrogens is 2. The normalized spacial score (nSPS) is 15.0. The monoisotopic (exact) mass is 357 g/mol. The highest BCUT2D eigenvalue weighted by Gasteiger charge is 2.31. The second-order valence-electron chi connectivity index (χ2n) is 6.60. The first-order valence-electron chi connectivity index (χ1n) is 8.56. The molecule has 132 valence electrons. The second kappa shape index (κ2) is 5.60. The van der Waals surface area contributed by atoms with Gasteiger partial charge in [-0.15, -0.1) is 0 Å². The molecule has 5 rings (SSSR count). The van der Waals surface area contributed by atoms with Crippen LogP contribution in [0.1, 0.15) is 22.6 Å². The van der Waals surface area contributed by atoms with Crippen molar-refractivity contribution in [1.82, 2.24) is 9.97 Å². The Morgan fingerprint density at radius 1 is 0.852 bits per heavy atom. The highest BCUT2D eigenvalue weighted by molar-refractivity contribution is 5.99. The molecule has 0 saturated heterocycles. The Kier molecular flexibility index (Phi) is 3.21. The molecule has 0 spiro atoms. The van der Waals surface area contributed by atoms with E-state index in [9.17, 15) is 14.7 Å². The van der Waals surface area contributed by atoms with Crippen LogP contribution in [0.25, 0.3) is 10.8 Å². The van der Waals surface area contributed by atoms with Gasteiger partial charge in [-0.25, -0.2) is 4.79 Å². The van der Waals surface area contributed by atoms with E-state index in [0.717, 1.165) is 27.6 Å². The molecule has 0 aliphatic carbocycles. The lowest BCUT2D eigenvalue weighted by Gasteiger charge is -2.29.